The number of hydrogen-bond donors (Lipinski definition) is 0. The number of benzene rings is 2. The lowest BCUT2D eigenvalue weighted by atomic mass is 9.79. The van der Waals surface area contributed by atoms with Crippen LogP contribution in [0.2, 0.25) is 0 Å². The SMILES string of the molecule is CCCC(C)c1ccc(CCC(=O)Oc2ccc(OCC)cc2)c(C2CCCCC2)c1. The van der Waals surface area contributed by atoms with Crippen LogP contribution in [0, 0.1) is 0 Å². The van der Waals surface area contributed by atoms with Gasteiger partial charge in [0, 0.05) is 6.42 Å². The van der Waals surface area contributed by atoms with Gasteiger partial charge in [-0.1, -0.05) is 57.7 Å². The molecular weight excluding hydrogens is 384 g/mol. The molecule has 0 aromatic heterocycles. The van der Waals surface area contributed by atoms with Crippen LogP contribution >= 0.6 is 0 Å². The summed E-state index contributed by atoms with van der Waals surface area (Å²) in [5.41, 5.74) is 4.25. The van der Waals surface area contributed by atoms with Gasteiger partial charge in [0.15, 0.2) is 0 Å². The molecule has 3 heteroatoms. The maximum Gasteiger partial charge on any atom is 0.311 e. The van der Waals surface area contributed by atoms with Gasteiger partial charge in [-0.2, -0.15) is 0 Å². The zero-order valence-electron chi connectivity index (χ0n) is 19.5. The van der Waals surface area contributed by atoms with E-state index in [4.69, 9.17) is 9.47 Å². The molecule has 2 aromatic rings. The summed E-state index contributed by atoms with van der Waals surface area (Å²) in [6, 6.07) is 14.3. The van der Waals surface area contributed by atoms with Crippen LogP contribution in [0.15, 0.2) is 42.5 Å². The molecule has 0 saturated heterocycles. The molecule has 2 aromatic carbocycles. The summed E-state index contributed by atoms with van der Waals surface area (Å²) in [4.78, 5) is 12.5. The molecule has 31 heavy (non-hydrogen) atoms. The molecule has 0 radical (unpaired) electrons. The van der Waals surface area contributed by atoms with Crippen LogP contribution in [0.5, 0.6) is 11.5 Å². The molecule has 0 N–H and O–H groups in total. The quantitative estimate of drug-likeness (QED) is 0.292. The predicted octanol–water partition coefficient (Wildman–Crippen LogP) is 7.57. The van der Waals surface area contributed by atoms with Gasteiger partial charge in [-0.25, -0.2) is 0 Å². The van der Waals surface area contributed by atoms with E-state index in [0.29, 0.717) is 30.6 Å². The van der Waals surface area contributed by atoms with Gasteiger partial charge in [0.25, 0.3) is 0 Å². The Morgan fingerprint density at radius 2 is 1.71 bits per heavy atom. The summed E-state index contributed by atoms with van der Waals surface area (Å²) in [6.45, 7) is 7.16. The Morgan fingerprint density at radius 1 is 1.00 bits per heavy atom. The van der Waals surface area contributed by atoms with Crippen molar-refractivity contribution in [2.75, 3.05) is 6.61 Å². The van der Waals surface area contributed by atoms with E-state index >= 15 is 0 Å². The fourth-order valence-electron chi connectivity index (χ4n) is 4.73. The number of hydrogen-bond acceptors (Lipinski definition) is 3. The van der Waals surface area contributed by atoms with Gasteiger partial charge in [-0.05, 0) is 85.4 Å². The highest BCUT2D eigenvalue weighted by Gasteiger charge is 2.20. The molecule has 0 spiro atoms. The third-order valence-electron chi connectivity index (χ3n) is 6.47. The third-order valence-corrected chi connectivity index (χ3v) is 6.47. The number of carbonyl (C=O) groups excluding carboxylic acids is 1. The minimum Gasteiger partial charge on any atom is -0.494 e. The van der Waals surface area contributed by atoms with Crippen molar-refractivity contribution in [3.63, 3.8) is 0 Å². The minimum atomic E-state index is -0.179. The van der Waals surface area contributed by atoms with E-state index in [-0.39, 0.29) is 5.97 Å². The van der Waals surface area contributed by atoms with E-state index in [0.717, 1.165) is 12.2 Å². The largest absolute Gasteiger partial charge is 0.494 e. The summed E-state index contributed by atoms with van der Waals surface area (Å²) in [7, 11) is 0. The zero-order chi connectivity index (χ0) is 22.1. The second-order valence-electron chi connectivity index (χ2n) is 8.86. The number of ether oxygens (including phenoxy) is 2. The van der Waals surface area contributed by atoms with Gasteiger partial charge >= 0.3 is 5.97 Å². The van der Waals surface area contributed by atoms with Crippen molar-refractivity contribution < 1.29 is 14.3 Å². The molecule has 1 aliphatic carbocycles. The molecule has 3 rings (SSSR count). The Balaban J connectivity index is 1.66. The topological polar surface area (TPSA) is 35.5 Å². The van der Waals surface area contributed by atoms with Crippen molar-refractivity contribution in [2.45, 2.75) is 90.4 Å². The Hall–Kier alpha value is -2.29. The lowest BCUT2D eigenvalue weighted by Gasteiger charge is -2.26. The molecule has 1 unspecified atom stereocenters. The third kappa shape index (κ3) is 6.85. The van der Waals surface area contributed by atoms with Crippen LogP contribution in [0.4, 0.5) is 0 Å². The molecule has 0 aliphatic heterocycles. The van der Waals surface area contributed by atoms with E-state index in [1.54, 1.807) is 12.1 Å². The van der Waals surface area contributed by atoms with E-state index in [1.165, 1.54) is 61.6 Å². The van der Waals surface area contributed by atoms with Crippen LogP contribution < -0.4 is 9.47 Å². The van der Waals surface area contributed by atoms with Crippen LogP contribution in [-0.2, 0) is 11.2 Å². The fraction of sp³-hybridized carbons (Fsp3) is 0.536. The van der Waals surface area contributed by atoms with Crippen molar-refractivity contribution in [3.8, 4) is 11.5 Å². The summed E-state index contributed by atoms with van der Waals surface area (Å²) >= 11 is 0. The highest BCUT2D eigenvalue weighted by Crippen LogP contribution is 2.37. The number of esters is 1. The van der Waals surface area contributed by atoms with Crippen molar-refractivity contribution in [1.29, 1.82) is 0 Å². The van der Waals surface area contributed by atoms with Crippen molar-refractivity contribution in [2.24, 2.45) is 0 Å². The second kappa shape index (κ2) is 11.9. The van der Waals surface area contributed by atoms with Crippen LogP contribution in [0.3, 0.4) is 0 Å². The molecule has 1 fully saturated rings. The number of aryl methyl sites for hydroxylation is 1. The first-order valence-electron chi connectivity index (χ1n) is 12.2. The summed E-state index contributed by atoms with van der Waals surface area (Å²) in [6.07, 6.45) is 10.1. The van der Waals surface area contributed by atoms with Gasteiger partial charge in [-0.15, -0.1) is 0 Å². The Morgan fingerprint density at radius 3 is 2.39 bits per heavy atom. The van der Waals surface area contributed by atoms with E-state index in [1.807, 2.05) is 19.1 Å². The molecule has 1 atom stereocenters. The normalized spacial score (nSPS) is 15.5. The minimum absolute atomic E-state index is 0.179. The first kappa shape index (κ1) is 23.4. The Bertz CT molecular complexity index is 819. The lowest BCUT2D eigenvalue weighted by molar-refractivity contribution is -0.134. The maximum absolute atomic E-state index is 12.5. The molecule has 0 bridgehead atoms. The first-order chi connectivity index (χ1) is 15.1. The Labute approximate surface area is 188 Å². The number of carbonyl (C=O) groups is 1. The van der Waals surface area contributed by atoms with Gasteiger partial charge in [-0.3, -0.25) is 4.79 Å². The molecular formula is C28H38O3. The molecule has 1 saturated carbocycles. The average molecular weight is 423 g/mol. The number of rotatable bonds is 10. The van der Waals surface area contributed by atoms with Gasteiger partial charge in [0.05, 0.1) is 6.61 Å². The van der Waals surface area contributed by atoms with E-state index in [9.17, 15) is 4.79 Å². The van der Waals surface area contributed by atoms with Crippen LogP contribution in [-0.4, -0.2) is 12.6 Å². The van der Waals surface area contributed by atoms with Gasteiger partial charge < -0.3 is 9.47 Å². The smallest absolute Gasteiger partial charge is 0.311 e. The standard InChI is InChI=1S/C28H38O3/c1-4-9-21(3)24-13-12-23(27(20-24)22-10-7-6-8-11-22)14-19-28(29)31-26-17-15-25(16-18-26)30-5-2/h12-13,15-18,20-22H,4-11,14,19H2,1-3H3. The zero-order valence-corrected chi connectivity index (χ0v) is 19.5. The van der Waals surface area contributed by atoms with E-state index in [2.05, 4.69) is 32.0 Å². The van der Waals surface area contributed by atoms with Crippen LogP contribution in [0.1, 0.15) is 101 Å². The first-order valence-corrected chi connectivity index (χ1v) is 12.2. The molecule has 3 nitrogen and oxygen atoms in total. The molecule has 1 aliphatic rings. The molecule has 0 heterocycles. The van der Waals surface area contributed by atoms with Gasteiger partial charge in [0.1, 0.15) is 11.5 Å². The van der Waals surface area contributed by atoms with Crippen LogP contribution in [0.25, 0.3) is 0 Å². The summed E-state index contributed by atoms with van der Waals surface area (Å²) < 4.78 is 11.0. The average Bonchev–Trinajstić information content (AvgIpc) is 2.80. The fourth-order valence-corrected chi connectivity index (χ4v) is 4.73. The summed E-state index contributed by atoms with van der Waals surface area (Å²) in [5, 5.41) is 0. The van der Waals surface area contributed by atoms with Crippen molar-refractivity contribution in [3.05, 3.63) is 59.2 Å². The highest BCUT2D eigenvalue weighted by atomic mass is 16.5. The Kier molecular flexibility index (Phi) is 8.99. The maximum atomic E-state index is 12.5. The van der Waals surface area contributed by atoms with Crippen molar-refractivity contribution >= 4 is 5.97 Å². The lowest BCUT2D eigenvalue weighted by Crippen LogP contribution is -2.12. The van der Waals surface area contributed by atoms with Crippen molar-refractivity contribution in [1.82, 2.24) is 0 Å². The molecule has 168 valence electrons. The second-order valence-corrected chi connectivity index (χ2v) is 8.86. The summed E-state index contributed by atoms with van der Waals surface area (Å²) in [5.74, 6) is 2.41. The predicted molar refractivity (Wildman–Crippen MR) is 127 cm³/mol. The monoisotopic (exact) mass is 422 g/mol. The van der Waals surface area contributed by atoms with E-state index < -0.39 is 0 Å². The molecule has 0 amide bonds. The van der Waals surface area contributed by atoms with Gasteiger partial charge in [0.2, 0.25) is 0 Å². The highest BCUT2D eigenvalue weighted by molar-refractivity contribution is 5.72.